The van der Waals surface area contributed by atoms with Crippen LogP contribution in [0.4, 0.5) is 0 Å². The normalized spacial score (nSPS) is 16.2. The van der Waals surface area contributed by atoms with Crippen LogP contribution in [-0.2, 0) is 20.9 Å². The molecule has 1 fully saturated rings. The fraction of sp³-hybridized carbons (Fsp3) is 0.438. The highest BCUT2D eigenvalue weighted by Crippen LogP contribution is 2.26. The molecular formula is C16H17BrN2O3S. The van der Waals surface area contributed by atoms with Crippen molar-refractivity contribution < 1.29 is 14.3 Å². The van der Waals surface area contributed by atoms with Gasteiger partial charge in [0, 0.05) is 10.4 Å². The molecule has 3 rings (SSSR count). The first kappa shape index (κ1) is 16.4. The number of carbonyl (C=O) groups is 2. The molecule has 0 bridgehead atoms. The van der Waals surface area contributed by atoms with Crippen LogP contribution in [0.15, 0.2) is 27.7 Å². The minimum atomic E-state index is -0.359. The van der Waals surface area contributed by atoms with Gasteiger partial charge in [-0.2, -0.15) is 4.99 Å². The van der Waals surface area contributed by atoms with Gasteiger partial charge in [0.05, 0.1) is 17.3 Å². The van der Waals surface area contributed by atoms with Crippen molar-refractivity contribution >= 4 is 49.4 Å². The van der Waals surface area contributed by atoms with E-state index in [4.69, 9.17) is 4.74 Å². The molecule has 0 saturated heterocycles. The Morgan fingerprint density at radius 3 is 2.83 bits per heavy atom. The molecule has 0 unspecified atom stereocenters. The molecule has 5 nitrogen and oxygen atoms in total. The van der Waals surface area contributed by atoms with E-state index in [2.05, 4.69) is 20.9 Å². The lowest BCUT2D eigenvalue weighted by Crippen LogP contribution is -2.23. The van der Waals surface area contributed by atoms with Gasteiger partial charge in [0.15, 0.2) is 4.80 Å². The van der Waals surface area contributed by atoms with Crippen LogP contribution in [0.25, 0.3) is 10.2 Å². The van der Waals surface area contributed by atoms with Gasteiger partial charge < -0.3 is 9.30 Å². The SMILES string of the molecule is COC(=O)Cn1c(=NC(=O)C2CCCC2)sc2cc(Br)ccc21. The second-order valence-electron chi connectivity index (χ2n) is 5.59. The van der Waals surface area contributed by atoms with E-state index in [1.54, 1.807) is 4.57 Å². The number of ether oxygens (including phenoxy) is 1. The second-order valence-corrected chi connectivity index (χ2v) is 7.52. The molecular weight excluding hydrogens is 380 g/mol. The van der Waals surface area contributed by atoms with Gasteiger partial charge in [0.2, 0.25) is 0 Å². The lowest BCUT2D eigenvalue weighted by Gasteiger charge is -2.05. The van der Waals surface area contributed by atoms with Crippen molar-refractivity contribution in [3.63, 3.8) is 0 Å². The van der Waals surface area contributed by atoms with Gasteiger partial charge >= 0.3 is 5.97 Å². The molecule has 1 amide bonds. The Bertz CT molecular complexity index is 818. The van der Waals surface area contributed by atoms with E-state index in [-0.39, 0.29) is 24.3 Å². The predicted molar refractivity (Wildman–Crippen MR) is 92.1 cm³/mol. The summed E-state index contributed by atoms with van der Waals surface area (Å²) in [5, 5.41) is 0. The highest BCUT2D eigenvalue weighted by molar-refractivity contribution is 9.10. The van der Waals surface area contributed by atoms with Crippen LogP contribution in [0.5, 0.6) is 0 Å². The van der Waals surface area contributed by atoms with Crippen LogP contribution in [0.1, 0.15) is 25.7 Å². The molecule has 1 aliphatic carbocycles. The summed E-state index contributed by atoms with van der Waals surface area (Å²) in [5.41, 5.74) is 0.876. The monoisotopic (exact) mass is 396 g/mol. The number of halogens is 1. The van der Waals surface area contributed by atoms with Crippen LogP contribution in [0.2, 0.25) is 0 Å². The molecule has 0 N–H and O–H groups in total. The number of nitrogens with zero attached hydrogens (tertiary/aromatic N) is 2. The van der Waals surface area contributed by atoms with Crippen molar-refractivity contribution in [2.45, 2.75) is 32.2 Å². The third kappa shape index (κ3) is 3.55. The number of carbonyl (C=O) groups excluding carboxylic acids is 2. The van der Waals surface area contributed by atoms with Crippen LogP contribution in [0.3, 0.4) is 0 Å². The van der Waals surface area contributed by atoms with Crippen molar-refractivity contribution in [2.75, 3.05) is 7.11 Å². The molecule has 1 aromatic heterocycles. The van der Waals surface area contributed by atoms with Crippen LogP contribution >= 0.6 is 27.3 Å². The zero-order valence-corrected chi connectivity index (χ0v) is 15.2. The molecule has 0 radical (unpaired) electrons. The Kier molecular flexibility index (Phi) is 4.96. The maximum absolute atomic E-state index is 12.4. The van der Waals surface area contributed by atoms with E-state index in [9.17, 15) is 9.59 Å². The van der Waals surface area contributed by atoms with Gasteiger partial charge in [-0.05, 0) is 31.0 Å². The lowest BCUT2D eigenvalue weighted by atomic mass is 10.1. The number of hydrogen-bond donors (Lipinski definition) is 0. The number of amides is 1. The summed E-state index contributed by atoms with van der Waals surface area (Å²) < 4.78 is 8.44. The molecule has 2 aromatic rings. The van der Waals surface area contributed by atoms with Gasteiger partial charge in [-0.3, -0.25) is 9.59 Å². The number of methoxy groups -OCH3 is 1. The fourth-order valence-electron chi connectivity index (χ4n) is 2.84. The van der Waals surface area contributed by atoms with Crippen molar-refractivity contribution in [1.29, 1.82) is 0 Å². The van der Waals surface area contributed by atoms with E-state index >= 15 is 0 Å². The quantitative estimate of drug-likeness (QED) is 0.747. The summed E-state index contributed by atoms with van der Waals surface area (Å²) in [6.07, 6.45) is 4.01. The molecule has 7 heteroatoms. The van der Waals surface area contributed by atoms with Crippen LogP contribution in [0, 0.1) is 5.92 Å². The Balaban J connectivity index is 2.08. The first-order valence-electron chi connectivity index (χ1n) is 7.53. The van der Waals surface area contributed by atoms with Crippen molar-refractivity contribution in [3.8, 4) is 0 Å². The van der Waals surface area contributed by atoms with E-state index in [0.717, 1.165) is 40.4 Å². The van der Waals surface area contributed by atoms with Gasteiger partial charge in [0.25, 0.3) is 5.91 Å². The van der Waals surface area contributed by atoms with Gasteiger partial charge in [-0.25, -0.2) is 0 Å². The number of esters is 1. The van der Waals surface area contributed by atoms with E-state index < -0.39 is 0 Å². The highest BCUT2D eigenvalue weighted by Gasteiger charge is 2.22. The number of rotatable bonds is 3. The molecule has 1 heterocycles. The number of thiazole rings is 1. The number of fused-ring (bicyclic) bond motifs is 1. The van der Waals surface area contributed by atoms with Crippen molar-refractivity contribution in [3.05, 3.63) is 27.5 Å². The van der Waals surface area contributed by atoms with E-state index in [0.29, 0.717) is 4.80 Å². The average molecular weight is 397 g/mol. The van der Waals surface area contributed by atoms with Gasteiger partial charge in [-0.1, -0.05) is 40.1 Å². The molecule has 0 aliphatic heterocycles. The van der Waals surface area contributed by atoms with Gasteiger partial charge in [-0.15, -0.1) is 0 Å². The summed E-state index contributed by atoms with van der Waals surface area (Å²) in [7, 11) is 1.36. The van der Waals surface area contributed by atoms with Crippen LogP contribution in [-0.4, -0.2) is 23.6 Å². The minimum absolute atomic E-state index is 0.0264. The van der Waals surface area contributed by atoms with Crippen LogP contribution < -0.4 is 4.80 Å². The lowest BCUT2D eigenvalue weighted by molar-refractivity contribution is -0.141. The second kappa shape index (κ2) is 6.97. The van der Waals surface area contributed by atoms with E-state index in [1.165, 1.54) is 18.4 Å². The standard InChI is InChI=1S/C16H17BrN2O3S/c1-22-14(20)9-19-12-7-6-11(17)8-13(12)23-16(19)18-15(21)10-4-2-3-5-10/h6-8,10H,2-5,9H2,1H3. The fourth-order valence-corrected chi connectivity index (χ4v) is 4.42. The maximum atomic E-state index is 12.4. The molecule has 0 spiro atoms. The molecule has 0 atom stereocenters. The molecule has 1 aromatic carbocycles. The zero-order chi connectivity index (χ0) is 16.4. The minimum Gasteiger partial charge on any atom is -0.468 e. The summed E-state index contributed by atoms with van der Waals surface area (Å²) in [4.78, 5) is 28.9. The molecule has 1 aliphatic rings. The average Bonchev–Trinajstić information content (AvgIpc) is 3.16. The van der Waals surface area contributed by atoms with Crippen molar-refractivity contribution in [2.24, 2.45) is 10.9 Å². The third-order valence-corrected chi connectivity index (χ3v) is 5.60. The first-order valence-corrected chi connectivity index (χ1v) is 9.13. The number of hydrogen-bond acceptors (Lipinski definition) is 4. The Hall–Kier alpha value is -1.47. The first-order chi connectivity index (χ1) is 11.1. The number of benzene rings is 1. The van der Waals surface area contributed by atoms with Crippen molar-refractivity contribution in [1.82, 2.24) is 4.57 Å². The Morgan fingerprint density at radius 1 is 1.39 bits per heavy atom. The molecule has 122 valence electrons. The third-order valence-electron chi connectivity index (χ3n) is 4.07. The molecule has 1 saturated carbocycles. The largest absolute Gasteiger partial charge is 0.468 e. The zero-order valence-electron chi connectivity index (χ0n) is 12.8. The number of aromatic nitrogens is 1. The highest BCUT2D eigenvalue weighted by atomic mass is 79.9. The molecule has 23 heavy (non-hydrogen) atoms. The summed E-state index contributed by atoms with van der Waals surface area (Å²) in [6, 6.07) is 5.79. The maximum Gasteiger partial charge on any atom is 0.325 e. The topological polar surface area (TPSA) is 60.7 Å². The summed E-state index contributed by atoms with van der Waals surface area (Å²) >= 11 is 4.86. The van der Waals surface area contributed by atoms with Gasteiger partial charge in [0.1, 0.15) is 6.54 Å². The predicted octanol–water partition coefficient (Wildman–Crippen LogP) is 3.26. The summed E-state index contributed by atoms with van der Waals surface area (Å²) in [5.74, 6) is -0.410. The Labute approximate surface area is 146 Å². The summed E-state index contributed by atoms with van der Waals surface area (Å²) in [6.45, 7) is 0.0505. The Morgan fingerprint density at radius 2 is 2.13 bits per heavy atom. The van der Waals surface area contributed by atoms with E-state index in [1.807, 2.05) is 18.2 Å². The smallest absolute Gasteiger partial charge is 0.325 e.